The van der Waals surface area contributed by atoms with Gasteiger partial charge < -0.3 is 9.73 Å². The maximum absolute atomic E-state index is 14.0. The van der Waals surface area contributed by atoms with E-state index in [1.165, 1.54) is 24.3 Å². The fraction of sp³-hybridized carbons (Fsp3) is 0. The molecule has 4 aromatic rings. The third kappa shape index (κ3) is 4.39. The number of thiocarbonyl (C=S) groups is 1. The number of carbonyl (C=O) groups excluding carboxylic acids is 1. The molecule has 0 bridgehead atoms. The predicted molar refractivity (Wildman–Crippen MR) is 114 cm³/mol. The first-order valence-corrected chi connectivity index (χ1v) is 9.32. The lowest BCUT2D eigenvalue weighted by Crippen LogP contribution is -2.34. The first-order valence-electron chi connectivity index (χ1n) is 8.91. The van der Waals surface area contributed by atoms with E-state index in [9.17, 15) is 13.6 Å². The summed E-state index contributed by atoms with van der Waals surface area (Å²) in [6, 6.07) is 16.1. The van der Waals surface area contributed by atoms with Crippen LogP contribution in [0.5, 0.6) is 0 Å². The fourth-order valence-electron chi connectivity index (χ4n) is 2.82. The van der Waals surface area contributed by atoms with E-state index < -0.39 is 11.7 Å². The van der Waals surface area contributed by atoms with Crippen LogP contribution in [0.4, 0.5) is 14.5 Å². The number of aromatic nitrogens is 1. The van der Waals surface area contributed by atoms with Gasteiger partial charge in [-0.25, -0.2) is 13.8 Å². The Morgan fingerprint density at radius 3 is 2.55 bits per heavy atom. The normalized spacial score (nSPS) is 10.5. The molecule has 2 N–H and O–H groups in total. The SMILES string of the molecule is N#Cc1ccc(C(=O)NC(=S)Nc2ccc3oc(-c4ccc(F)cc4)nc3c2)c(F)c1. The van der Waals surface area contributed by atoms with Crippen molar-refractivity contribution in [2.75, 3.05) is 5.32 Å². The van der Waals surface area contributed by atoms with E-state index in [2.05, 4.69) is 15.6 Å². The second-order valence-corrected chi connectivity index (χ2v) is 6.83. The van der Waals surface area contributed by atoms with E-state index in [0.717, 1.165) is 6.07 Å². The Balaban J connectivity index is 1.48. The number of hydrogen-bond donors (Lipinski definition) is 2. The monoisotopic (exact) mass is 434 g/mol. The lowest BCUT2D eigenvalue weighted by Gasteiger charge is -2.10. The molecular weight excluding hydrogens is 422 g/mol. The molecule has 0 aliphatic rings. The average molecular weight is 434 g/mol. The highest BCUT2D eigenvalue weighted by Gasteiger charge is 2.14. The van der Waals surface area contributed by atoms with Crippen molar-refractivity contribution in [3.05, 3.63) is 83.4 Å². The van der Waals surface area contributed by atoms with Crippen LogP contribution in [0.2, 0.25) is 0 Å². The van der Waals surface area contributed by atoms with Gasteiger partial charge in [0.1, 0.15) is 17.2 Å². The van der Waals surface area contributed by atoms with Gasteiger partial charge in [-0.3, -0.25) is 10.1 Å². The van der Waals surface area contributed by atoms with E-state index in [1.807, 2.05) is 0 Å². The molecule has 1 amide bonds. The predicted octanol–water partition coefficient (Wildman–Crippen LogP) is 4.77. The average Bonchev–Trinajstić information content (AvgIpc) is 3.17. The molecule has 1 aromatic heterocycles. The second-order valence-electron chi connectivity index (χ2n) is 6.42. The van der Waals surface area contributed by atoms with Gasteiger partial charge in [0.15, 0.2) is 10.7 Å². The molecule has 0 saturated carbocycles. The van der Waals surface area contributed by atoms with Crippen molar-refractivity contribution in [3.63, 3.8) is 0 Å². The van der Waals surface area contributed by atoms with Gasteiger partial charge >= 0.3 is 0 Å². The molecule has 152 valence electrons. The van der Waals surface area contributed by atoms with Crippen LogP contribution in [0.3, 0.4) is 0 Å². The van der Waals surface area contributed by atoms with Gasteiger partial charge in [0.25, 0.3) is 5.91 Å². The molecule has 6 nitrogen and oxygen atoms in total. The van der Waals surface area contributed by atoms with Crippen molar-refractivity contribution in [1.82, 2.24) is 10.3 Å². The highest BCUT2D eigenvalue weighted by Crippen LogP contribution is 2.26. The summed E-state index contributed by atoms with van der Waals surface area (Å²) in [7, 11) is 0. The smallest absolute Gasteiger partial charge is 0.260 e. The van der Waals surface area contributed by atoms with Crippen molar-refractivity contribution in [2.24, 2.45) is 0 Å². The molecule has 0 saturated heterocycles. The molecule has 0 unspecified atom stereocenters. The topological polar surface area (TPSA) is 91.0 Å². The van der Waals surface area contributed by atoms with E-state index >= 15 is 0 Å². The van der Waals surface area contributed by atoms with Crippen LogP contribution in [-0.4, -0.2) is 16.0 Å². The summed E-state index contributed by atoms with van der Waals surface area (Å²) in [5.41, 5.74) is 2.06. The number of anilines is 1. The standard InChI is InChI=1S/C22H12F2N4O2S/c23-14-4-2-13(3-5-14)21-27-18-10-15(6-8-19(18)30-21)26-22(31)28-20(29)16-7-1-12(11-25)9-17(16)24/h1-10H,(H2,26,28,29,31). The number of fused-ring (bicyclic) bond motifs is 1. The summed E-state index contributed by atoms with van der Waals surface area (Å²) in [4.78, 5) is 16.6. The fourth-order valence-corrected chi connectivity index (χ4v) is 3.03. The summed E-state index contributed by atoms with van der Waals surface area (Å²) >= 11 is 5.12. The number of amides is 1. The molecule has 0 spiro atoms. The number of halogens is 2. The molecule has 3 aromatic carbocycles. The summed E-state index contributed by atoms with van der Waals surface area (Å²) in [5.74, 6) is -1.60. The quantitative estimate of drug-likeness (QED) is 0.452. The zero-order valence-corrected chi connectivity index (χ0v) is 16.5. The second kappa shape index (κ2) is 8.30. The number of oxazole rings is 1. The highest BCUT2D eigenvalue weighted by molar-refractivity contribution is 7.80. The number of nitrogens with zero attached hydrogens (tertiary/aromatic N) is 2. The molecule has 4 rings (SSSR count). The molecule has 0 radical (unpaired) electrons. The number of carbonyl (C=O) groups is 1. The van der Waals surface area contributed by atoms with Gasteiger partial charge in [-0.2, -0.15) is 5.26 Å². The first-order chi connectivity index (χ1) is 14.9. The van der Waals surface area contributed by atoms with Crippen molar-refractivity contribution >= 4 is 40.0 Å². The minimum atomic E-state index is -0.823. The van der Waals surface area contributed by atoms with Crippen molar-refractivity contribution < 1.29 is 18.0 Å². The van der Waals surface area contributed by atoms with E-state index in [4.69, 9.17) is 21.9 Å². The Kier molecular flexibility index (Phi) is 5.39. The number of hydrogen-bond acceptors (Lipinski definition) is 5. The van der Waals surface area contributed by atoms with Gasteiger partial charge in [0.2, 0.25) is 5.89 Å². The maximum atomic E-state index is 14.0. The Morgan fingerprint density at radius 1 is 1.06 bits per heavy atom. The summed E-state index contributed by atoms with van der Waals surface area (Å²) in [6.45, 7) is 0. The number of nitriles is 1. The van der Waals surface area contributed by atoms with Crippen LogP contribution >= 0.6 is 12.2 Å². The summed E-state index contributed by atoms with van der Waals surface area (Å²) in [6.07, 6.45) is 0. The third-order valence-electron chi connectivity index (χ3n) is 4.31. The van der Waals surface area contributed by atoms with Crippen LogP contribution in [0.15, 0.2) is 65.1 Å². The van der Waals surface area contributed by atoms with E-state index in [-0.39, 0.29) is 22.1 Å². The Hall–Kier alpha value is -4.16. The van der Waals surface area contributed by atoms with Gasteiger partial charge in [-0.1, -0.05) is 0 Å². The summed E-state index contributed by atoms with van der Waals surface area (Å²) in [5, 5.41) is 13.9. The number of nitrogens with one attached hydrogen (secondary N) is 2. The van der Waals surface area contributed by atoms with Crippen LogP contribution in [0, 0.1) is 23.0 Å². The minimum Gasteiger partial charge on any atom is -0.436 e. The Morgan fingerprint density at radius 2 is 1.84 bits per heavy atom. The zero-order chi connectivity index (χ0) is 22.0. The van der Waals surface area contributed by atoms with E-state index in [0.29, 0.717) is 28.2 Å². The van der Waals surface area contributed by atoms with Crippen LogP contribution in [0.25, 0.3) is 22.6 Å². The first kappa shape index (κ1) is 20.1. The lowest BCUT2D eigenvalue weighted by atomic mass is 10.1. The zero-order valence-electron chi connectivity index (χ0n) is 15.6. The Bertz CT molecular complexity index is 1360. The molecule has 9 heteroatoms. The van der Waals surface area contributed by atoms with Gasteiger partial charge in [0, 0.05) is 11.3 Å². The molecule has 31 heavy (non-hydrogen) atoms. The van der Waals surface area contributed by atoms with Crippen LogP contribution < -0.4 is 10.6 Å². The molecule has 0 aliphatic carbocycles. The lowest BCUT2D eigenvalue weighted by molar-refractivity contribution is 0.0974. The highest BCUT2D eigenvalue weighted by atomic mass is 32.1. The molecule has 0 fully saturated rings. The van der Waals surface area contributed by atoms with Gasteiger partial charge in [0.05, 0.1) is 17.2 Å². The third-order valence-corrected chi connectivity index (χ3v) is 4.51. The minimum absolute atomic E-state index is 0.0460. The summed E-state index contributed by atoms with van der Waals surface area (Å²) < 4.78 is 32.8. The van der Waals surface area contributed by atoms with Crippen LogP contribution in [-0.2, 0) is 0 Å². The number of benzene rings is 3. The number of rotatable bonds is 3. The molecule has 0 aliphatic heterocycles. The Labute approximate surface area is 180 Å². The van der Waals surface area contributed by atoms with Gasteiger partial charge in [-0.05, 0) is 72.9 Å². The van der Waals surface area contributed by atoms with Gasteiger partial charge in [-0.15, -0.1) is 0 Å². The van der Waals surface area contributed by atoms with Crippen molar-refractivity contribution in [1.29, 1.82) is 5.26 Å². The maximum Gasteiger partial charge on any atom is 0.260 e. The van der Waals surface area contributed by atoms with Crippen LogP contribution in [0.1, 0.15) is 15.9 Å². The van der Waals surface area contributed by atoms with Crippen molar-refractivity contribution in [2.45, 2.75) is 0 Å². The van der Waals surface area contributed by atoms with Crippen molar-refractivity contribution in [3.8, 4) is 17.5 Å². The largest absolute Gasteiger partial charge is 0.436 e. The molecular formula is C22H12F2N4O2S. The molecule has 1 heterocycles. The van der Waals surface area contributed by atoms with E-state index in [1.54, 1.807) is 36.4 Å². The molecule has 0 atom stereocenters.